The van der Waals surface area contributed by atoms with E-state index in [1.165, 1.54) is 25.3 Å². The fraction of sp³-hybridized carbons (Fsp3) is 0.400. The largest absolute Gasteiger partial charge is 0.506 e. The molecule has 0 saturated carbocycles. The first-order valence-electron chi connectivity index (χ1n) is 4.92. The zero-order valence-electron chi connectivity index (χ0n) is 9.31. The molecule has 0 aromatic heterocycles. The van der Waals surface area contributed by atoms with Crippen molar-refractivity contribution >= 4 is 27.3 Å². The topological polar surface area (TPSA) is 75.6 Å². The molecule has 2 N–H and O–H groups in total. The van der Waals surface area contributed by atoms with E-state index in [-0.39, 0.29) is 17.2 Å². The van der Waals surface area contributed by atoms with Crippen LogP contribution in [0.5, 0.6) is 5.75 Å². The van der Waals surface area contributed by atoms with Crippen LogP contribution in [-0.2, 0) is 14.8 Å². The highest BCUT2D eigenvalue weighted by atomic mass is 35.5. The normalized spacial score (nSPS) is 11.4. The van der Waals surface area contributed by atoms with Gasteiger partial charge in [-0.15, -0.1) is 0 Å². The molecule has 0 aliphatic carbocycles. The maximum Gasteiger partial charge on any atom is 0.232 e. The molecule has 0 amide bonds. The van der Waals surface area contributed by atoms with Crippen molar-refractivity contribution in [2.24, 2.45) is 0 Å². The lowest BCUT2D eigenvalue weighted by molar-refractivity contribution is 0.199. The summed E-state index contributed by atoms with van der Waals surface area (Å²) in [5.74, 6) is -0.268. The Morgan fingerprint density at radius 2 is 2.18 bits per heavy atom. The summed E-state index contributed by atoms with van der Waals surface area (Å²) in [6, 6.07) is 4.17. The molecule has 0 unspecified atom stereocenters. The van der Waals surface area contributed by atoms with Crippen molar-refractivity contribution in [2.75, 3.05) is 24.2 Å². The number of anilines is 1. The molecule has 17 heavy (non-hydrogen) atoms. The van der Waals surface area contributed by atoms with Gasteiger partial charge in [0.2, 0.25) is 10.0 Å². The predicted octanol–water partition coefficient (Wildman–Crippen LogP) is 1.82. The Bertz CT molecular complexity index is 475. The zero-order chi connectivity index (χ0) is 12.9. The first-order valence-corrected chi connectivity index (χ1v) is 6.95. The van der Waals surface area contributed by atoms with E-state index in [2.05, 4.69) is 4.72 Å². The molecule has 5 nitrogen and oxygen atoms in total. The molecular weight excluding hydrogens is 266 g/mol. The van der Waals surface area contributed by atoms with Crippen molar-refractivity contribution in [1.82, 2.24) is 0 Å². The van der Waals surface area contributed by atoms with Crippen LogP contribution in [0.4, 0.5) is 5.69 Å². The molecule has 0 aliphatic heterocycles. The van der Waals surface area contributed by atoms with Gasteiger partial charge in [0, 0.05) is 24.8 Å². The molecule has 0 spiro atoms. The Kier molecular flexibility index (Phi) is 5.04. The number of nitrogens with one attached hydrogen (secondary N) is 1. The number of halogens is 1. The van der Waals surface area contributed by atoms with Gasteiger partial charge in [0.25, 0.3) is 0 Å². The van der Waals surface area contributed by atoms with Gasteiger partial charge >= 0.3 is 0 Å². The average Bonchev–Trinajstić information content (AvgIpc) is 2.22. The van der Waals surface area contributed by atoms with Crippen LogP contribution in [0.2, 0.25) is 5.02 Å². The number of phenolic OH excluding ortho intramolecular Hbond substituents is 1. The van der Waals surface area contributed by atoms with Crippen LogP contribution in [0.1, 0.15) is 6.42 Å². The van der Waals surface area contributed by atoms with Gasteiger partial charge in [0.15, 0.2) is 0 Å². The summed E-state index contributed by atoms with van der Waals surface area (Å²) in [7, 11) is -1.97. The lowest BCUT2D eigenvalue weighted by Gasteiger charge is -2.09. The second-order valence-electron chi connectivity index (χ2n) is 3.43. The van der Waals surface area contributed by atoms with Gasteiger partial charge in [-0.1, -0.05) is 11.6 Å². The van der Waals surface area contributed by atoms with Crippen molar-refractivity contribution in [3.05, 3.63) is 23.2 Å². The molecule has 96 valence electrons. The lowest BCUT2D eigenvalue weighted by atomic mass is 10.3. The Morgan fingerprint density at radius 1 is 1.47 bits per heavy atom. The van der Waals surface area contributed by atoms with Crippen molar-refractivity contribution in [3.8, 4) is 5.75 Å². The second kappa shape index (κ2) is 6.09. The predicted molar refractivity (Wildman–Crippen MR) is 67.0 cm³/mol. The smallest absolute Gasteiger partial charge is 0.232 e. The van der Waals surface area contributed by atoms with Crippen LogP contribution in [0.15, 0.2) is 18.2 Å². The van der Waals surface area contributed by atoms with Gasteiger partial charge in [-0.3, -0.25) is 4.72 Å². The number of phenols is 1. The van der Waals surface area contributed by atoms with Gasteiger partial charge < -0.3 is 9.84 Å². The Hall–Kier alpha value is -0.980. The third-order valence-corrected chi connectivity index (χ3v) is 3.58. The number of ether oxygens (including phenoxy) is 1. The highest BCUT2D eigenvalue weighted by Crippen LogP contribution is 2.27. The highest BCUT2D eigenvalue weighted by Gasteiger charge is 2.12. The van der Waals surface area contributed by atoms with E-state index in [0.717, 1.165) is 0 Å². The minimum atomic E-state index is -3.48. The number of methoxy groups -OCH3 is 1. The van der Waals surface area contributed by atoms with Crippen molar-refractivity contribution in [1.29, 1.82) is 0 Å². The van der Waals surface area contributed by atoms with Crippen LogP contribution < -0.4 is 4.72 Å². The number of benzene rings is 1. The Morgan fingerprint density at radius 3 is 2.76 bits per heavy atom. The quantitative estimate of drug-likeness (QED) is 0.615. The molecule has 0 bridgehead atoms. The lowest BCUT2D eigenvalue weighted by Crippen LogP contribution is -2.17. The molecule has 0 aliphatic rings. The van der Waals surface area contributed by atoms with Gasteiger partial charge in [0.1, 0.15) is 5.75 Å². The van der Waals surface area contributed by atoms with Gasteiger partial charge in [0.05, 0.1) is 11.4 Å². The molecule has 0 atom stereocenters. The van der Waals surface area contributed by atoms with E-state index in [0.29, 0.717) is 18.1 Å². The number of hydrogen-bond acceptors (Lipinski definition) is 4. The summed E-state index contributed by atoms with van der Waals surface area (Å²) >= 11 is 5.64. The van der Waals surface area contributed by atoms with E-state index in [4.69, 9.17) is 16.3 Å². The molecule has 0 radical (unpaired) electrons. The number of hydrogen-bond donors (Lipinski definition) is 2. The summed E-state index contributed by atoms with van der Waals surface area (Å²) in [5, 5.41) is 9.83. The first-order chi connectivity index (χ1) is 7.94. The minimum absolute atomic E-state index is 0.0666. The van der Waals surface area contributed by atoms with Gasteiger partial charge in [-0.25, -0.2) is 8.42 Å². The standard InChI is InChI=1S/C10H14ClNO4S/c1-16-5-2-6-17(14,15)12-9-4-3-8(11)7-10(9)13/h3-4,7,12-13H,2,5-6H2,1H3. The molecular formula is C10H14ClNO4S. The van der Waals surface area contributed by atoms with Crippen LogP contribution in [0.25, 0.3) is 0 Å². The number of aromatic hydroxyl groups is 1. The third kappa shape index (κ3) is 4.80. The molecule has 0 heterocycles. The Balaban J connectivity index is 2.69. The molecule has 1 aromatic rings. The third-order valence-electron chi connectivity index (χ3n) is 1.99. The molecule has 1 rings (SSSR count). The SMILES string of the molecule is COCCCS(=O)(=O)Nc1ccc(Cl)cc1O. The van der Waals surface area contributed by atoms with Crippen molar-refractivity contribution < 1.29 is 18.3 Å². The molecule has 0 saturated heterocycles. The van der Waals surface area contributed by atoms with Crippen LogP contribution in [0, 0.1) is 0 Å². The maximum absolute atomic E-state index is 11.6. The maximum atomic E-state index is 11.6. The Labute approximate surface area is 105 Å². The van der Waals surface area contributed by atoms with E-state index in [9.17, 15) is 13.5 Å². The fourth-order valence-corrected chi connectivity index (χ4v) is 2.48. The number of sulfonamides is 1. The first kappa shape index (κ1) is 14.1. The van der Waals surface area contributed by atoms with E-state index in [1.807, 2.05) is 0 Å². The molecule has 7 heteroatoms. The molecule has 0 fully saturated rings. The second-order valence-corrected chi connectivity index (χ2v) is 5.71. The minimum Gasteiger partial charge on any atom is -0.506 e. The van der Waals surface area contributed by atoms with Crippen molar-refractivity contribution in [3.63, 3.8) is 0 Å². The van der Waals surface area contributed by atoms with Crippen LogP contribution in [0.3, 0.4) is 0 Å². The number of rotatable bonds is 6. The average molecular weight is 280 g/mol. The highest BCUT2D eigenvalue weighted by molar-refractivity contribution is 7.92. The monoisotopic (exact) mass is 279 g/mol. The van der Waals surface area contributed by atoms with Crippen LogP contribution in [-0.4, -0.2) is 33.0 Å². The summed E-state index contributed by atoms with van der Waals surface area (Å²) < 4.78 is 30.3. The van der Waals surface area contributed by atoms with Gasteiger partial charge in [-0.2, -0.15) is 0 Å². The fourth-order valence-electron chi connectivity index (χ4n) is 1.20. The van der Waals surface area contributed by atoms with Crippen LogP contribution >= 0.6 is 11.6 Å². The summed E-state index contributed by atoms with van der Waals surface area (Å²) in [6.07, 6.45) is 0.389. The summed E-state index contributed by atoms with van der Waals surface area (Å²) in [4.78, 5) is 0. The molecule has 1 aromatic carbocycles. The van der Waals surface area contributed by atoms with Gasteiger partial charge in [-0.05, 0) is 18.6 Å². The van der Waals surface area contributed by atoms with Crippen molar-refractivity contribution in [2.45, 2.75) is 6.42 Å². The zero-order valence-corrected chi connectivity index (χ0v) is 10.9. The van der Waals surface area contributed by atoms with E-state index >= 15 is 0 Å². The summed E-state index contributed by atoms with van der Waals surface area (Å²) in [6.45, 7) is 0.369. The summed E-state index contributed by atoms with van der Waals surface area (Å²) in [5.41, 5.74) is 0.117. The van der Waals surface area contributed by atoms with E-state index in [1.54, 1.807) is 0 Å². The van der Waals surface area contributed by atoms with E-state index < -0.39 is 10.0 Å².